The van der Waals surface area contributed by atoms with Crippen molar-refractivity contribution in [2.75, 3.05) is 26.2 Å². The highest BCUT2D eigenvalue weighted by atomic mass is 16.4. The Hall–Kier alpha value is -1.89. The molecule has 0 amide bonds. The van der Waals surface area contributed by atoms with Crippen LogP contribution < -0.4 is 0 Å². The minimum absolute atomic E-state index is 0.479. The number of carboxylic acids is 3. The topological polar surface area (TPSA) is 112 Å². The number of hydrogen-bond donors (Lipinski definition) is 3. The van der Waals surface area contributed by atoms with E-state index in [-0.39, 0.29) is 0 Å². The third-order valence-corrected chi connectivity index (χ3v) is 6.61. The Balaban J connectivity index is 5.22. The fourth-order valence-corrected chi connectivity index (χ4v) is 3.85. The van der Waals surface area contributed by atoms with Crippen molar-refractivity contribution in [1.29, 1.82) is 0 Å². The lowest BCUT2D eigenvalue weighted by Gasteiger charge is -2.40. The highest BCUT2D eigenvalue weighted by molar-refractivity contribution is 5.70. The lowest BCUT2D eigenvalue weighted by Crippen LogP contribution is -2.52. The van der Waals surface area contributed by atoms with Crippen LogP contribution in [0.5, 0.6) is 0 Å². The van der Waals surface area contributed by atoms with Crippen LogP contribution in [0, 0.1) is 17.8 Å². The highest BCUT2D eigenvalue weighted by Gasteiger charge is 2.31. The molecule has 3 atom stereocenters. The van der Waals surface area contributed by atoms with E-state index in [0.717, 1.165) is 32.2 Å². The molecule has 0 saturated heterocycles. The van der Waals surface area contributed by atoms with Crippen molar-refractivity contribution in [3.05, 3.63) is 12.2 Å². The van der Waals surface area contributed by atoms with E-state index in [1.807, 2.05) is 6.92 Å². The fraction of sp³-hybridized carbons (Fsp3) is 0.800. The number of hydrogen-bond acceptors (Lipinski definition) is 3. The van der Waals surface area contributed by atoms with E-state index in [1.54, 1.807) is 20.8 Å². The Morgan fingerprint density at radius 2 is 1.03 bits per heavy atom. The number of quaternary nitrogens is 1. The first kappa shape index (κ1) is 30.1. The van der Waals surface area contributed by atoms with Crippen molar-refractivity contribution in [2.24, 2.45) is 17.8 Å². The van der Waals surface area contributed by atoms with Crippen molar-refractivity contribution in [2.45, 2.75) is 85.5 Å². The van der Waals surface area contributed by atoms with Gasteiger partial charge in [0.15, 0.2) is 0 Å². The van der Waals surface area contributed by atoms with Crippen molar-refractivity contribution < 1.29 is 34.2 Å². The third kappa shape index (κ3) is 13.5. The average Bonchev–Trinajstić information content (AvgIpc) is 2.75. The minimum atomic E-state index is -0.831. The van der Waals surface area contributed by atoms with Crippen LogP contribution in [-0.2, 0) is 14.4 Å². The molecule has 0 aliphatic heterocycles. The number of unbranched alkanes of at least 4 members (excludes halogenated alkanes) is 5. The second kappa shape index (κ2) is 16.7. The van der Waals surface area contributed by atoms with E-state index in [4.69, 9.17) is 0 Å². The molecule has 0 aromatic heterocycles. The lowest BCUT2D eigenvalue weighted by atomic mass is 10.0. The molecule has 0 aromatic rings. The van der Waals surface area contributed by atoms with Crippen LogP contribution in [0.4, 0.5) is 0 Å². The second-order valence-corrected chi connectivity index (χ2v) is 9.45. The number of allylic oxidation sites excluding steroid dienone is 2. The molecule has 7 nitrogen and oxygen atoms in total. The summed E-state index contributed by atoms with van der Waals surface area (Å²) < 4.78 is 0.603. The van der Waals surface area contributed by atoms with Crippen LogP contribution in [0.1, 0.15) is 85.5 Å². The summed E-state index contributed by atoms with van der Waals surface area (Å²) in [6.07, 6.45) is 12.4. The maximum absolute atomic E-state index is 11.4. The minimum Gasteiger partial charge on any atom is -0.481 e. The Morgan fingerprint density at radius 3 is 1.41 bits per heavy atom. The van der Waals surface area contributed by atoms with Gasteiger partial charge in [-0.3, -0.25) is 14.4 Å². The molecule has 0 aliphatic rings. The quantitative estimate of drug-likeness (QED) is 0.134. The summed E-state index contributed by atoms with van der Waals surface area (Å²) >= 11 is 0. The van der Waals surface area contributed by atoms with E-state index in [0.29, 0.717) is 43.4 Å². The van der Waals surface area contributed by atoms with Crippen LogP contribution in [0.15, 0.2) is 12.2 Å². The lowest BCUT2D eigenvalue weighted by molar-refractivity contribution is -0.929. The fourth-order valence-electron chi connectivity index (χ4n) is 3.85. The number of carbonyl (C=O) groups is 3. The van der Waals surface area contributed by atoms with Crippen LogP contribution in [0.25, 0.3) is 0 Å². The van der Waals surface area contributed by atoms with E-state index >= 15 is 0 Å². The first-order valence-electron chi connectivity index (χ1n) is 12.2. The van der Waals surface area contributed by atoms with Crippen LogP contribution in [0.2, 0.25) is 0 Å². The molecule has 7 heteroatoms. The molecule has 186 valence electrons. The molecule has 32 heavy (non-hydrogen) atoms. The van der Waals surface area contributed by atoms with E-state index < -0.39 is 35.7 Å². The van der Waals surface area contributed by atoms with Gasteiger partial charge < -0.3 is 19.8 Å². The Kier molecular flexibility index (Phi) is 15.7. The van der Waals surface area contributed by atoms with Gasteiger partial charge in [-0.25, -0.2) is 0 Å². The Morgan fingerprint density at radius 1 is 0.656 bits per heavy atom. The zero-order valence-corrected chi connectivity index (χ0v) is 20.6. The number of aliphatic carboxylic acids is 3. The maximum atomic E-state index is 11.4. The first-order valence-corrected chi connectivity index (χ1v) is 12.2. The molecule has 0 bridgehead atoms. The van der Waals surface area contributed by atoms with Crippen molar-refractivity contribution in [3.8, 4) is 0 Å². The van der Waals surface area contributed by atoms with Gasteiger partial charge in [0.25, 0.3) is 0 Å². The van der Waals surface area contributed by atoms with E-state index in [2.05, 4.69) is 12.2 Å². The molecule has 0 aromatic carbocycles. The van der Waals surface area contributed by atoms with Crippen molar-refractivity contribution >= 4 is 17.9 Å². The number of nitrogens with zero attached hydrogens (tertiary/aromatic N) is 1. The molecular formula is C25H46NO6+. The molecule has 0 fully saturated rings. The van der Waals surface area contributed by atoms with Gasteiger partial charge >= 0.3 is 17.9 Å². The predicted molar refractivity (Wildman–Crippen MR) is 126 cm³/mol. The molecule has 3 unspecified atom stereocenters. The van der Waals surface area contributed by atoms with Gasteiger partial charge in [-0.05, 0) is 32.6 Å². The van der Waals surface area contributed by atoms with E-state index in [9.17, 15) is 29.7 Å². The monoisotopic (exact) mass is 456 g/mol. The molecule has 3 N–H and O–H groups in total. The molecule has 0 spiro atoms. The average molecular weight is 457 g/mol. The normalized spacial score (nSPS) is 16.4. The van der Waals surface area contributed by atoms with Crippen molar-refractivity contribution in [3.63, 3.8) is 0 Å². The second-order valence-electron chi connectivity index (χ2n) is 9.45. The zero-order chi connectivity index (χ0) is 24.6. The Labute approximate surface area is 194 Å². The van der Waals surface area contributed by atoms with E-state index in [1.165, 1.54) is 12.8 Å². The first-order chi connectivity index (χ1) is 15.0. The third-order valence-electron chi connectivity index (χ3n) is 6.61. The van der Waals surface area contributed by atoms with Gasteiger partial charge in [0.1, 0.15) is 0 Å². The molecule has 0 saturated carbocycles. The zero-order valence-electron chi connectivity index (χ0n) is 20.6. The molecule has 0 heterocycles. The number of rotatable bonds is 20. The van der Waals surface area contributed by atoms with Gasteiger partial charge in [0.2, 0.25) is 0 Å². The van der Waals surface area contributed by atoms with Gasteiger partial charge in [-0.1, -0.05) is 45.8 Å². The summed E-state index contributed by atoms with van der Waals surface area (Å²) in [5.74, 6) is -3.93. The summed E-state index contributed by atoms with van der Waals surface area (Å²) in [4.78, 5) is 34.1. The largest absolute Gasteiger partial charge is 0.481 e. The van der Waals surface area contributed by atoms with Crippen LogP contribution >= 0.6 is 0 Å². The molecule has 0 aliphatic carbocycles. The summed E-state index contributed by atoms with van der Waals surface area (Å²) in [5, 5.41) is 28.0. The molecule has 0 radical (unpaired) electrons. The van der Waals surface area contributed by atoms with Crippen molar-refractivity contribution in [1.82, 2.24) is 0 Å². The Bertz CT molecular complexity index is 529. The summed E-state index contributed by atoms with van der Waals surface area (Å²) in [6.45, 7) is 9.85. The molecule has 0 rings (SSSR count). The van der Waals surface area contributed by atoms with Gasteiger partial charge in [-0.2, -0.15) is 0 Å². The summed E-state index contributed by atoms with van der Waals surface area (Å²) in [6, 6.07) is 0. The smallest absolute Gasteiger partial charge is 0.306 e. The van der Waals surface area contributed by atoms with Gasteiger partial charge in [0.05, 0.1) is 43.9 Å². The van der Waals surface area contributed by atoms with Gasteiger partial charge in [-0.15, -0.1) is 0 Å². The summed E-state index contributed by atoms with van der Waals surface area (Å²) in [5.41, 5.74) is 0. The van der Waals surface area contributed by atoms with Crippen LogP contribution in [-0.4, -0.2) is 63.9 Å². The van der Waals surface area contributed by atoms with Crippen LogP contribution in [0.3, 0.4) is 0 Å². The predicted octanol–water partition coefficient (Wildman–Crippen LogP) is 5.05. The van der Waals surface area contributed by atoms with Gasteiger partial charge in [0, 0.05) is 19.3 Å². The SMILES string of the molecule is C/C=C/CCCCCCC[N+](CCC(C)C(=O)O)(CCC(C)C(=O)O)CCC(C)C(=O)O. The summed E-state index contributed by atoms with van der Waals surface area (Å²) in [7, 11) is 0. The standard InChI is InChI=1S/C25H45NO6/c1-5-6-7-8-9-10-11-12-16-26(17-13-20(2)23(27)28,18-14-21(3)24(29)30)19-15-22(4)25(31)32/h5-6,20-22H,7-19H2,1-4H3,(H2-,27,28,29,30,31,32)/p+1/b6-5+. The highest BCUT2D eigenvalue weighted by Crippen LogP contribution is 2.21. The maximum Gasteiger partial charge on any atom is 0.306 e. The molecular weight excluding hydrogens is 410 g/mol. The number of carboxylic acid groups (broad SMARTS) is 3.